The molecule has 0 saturated carbocycles. The fourth-order valence-corrected chi connectivity index (χ4v) is 1.79. The van der Waals surface area contributed by atoms with Gasteiger partial charge in [-0.1, -0.05) is 6.92 Å². The Bertz CT molecular complexity index is 182. The van der Waals surface area contributed by atoms with Crippen LogP contribution in [0.2, 0.25) is 0 Å². The first kappa shape index (κ1) is 10.5. The van der Waals surface area contributed by atoms with Gasteiger partial charge in [-0.2, -0.15) is 0 Å². The predicted molar refractivity (Wildman–Crippen MR) is 51.3 cm³/mol. The van der Waals surface area contributed by atoms with E-state index in [1.165, 1.54) is 0 Å². The Balaban J connectivity index is 2.26. The van der Waals surface area contributed by atoms with Gasteiger partial charge < -0.3 is 10.0 Å². The summed E-state index contributed by atoms with van der Waals surface area (Å²) in [6, 6.07) is 0.369. The molecule has 1 saturated heterocycles. The second kappa shape index (κ2) is 4.61. The molecule has 0 bridgehead atoms. The van der Waals surface area contributed by atoms with Crippen molar-refractivity contribution in [2.75, 3.05) is 7.05 Å². The van der Waals surface area contributed by atoms with Crippen molar-refractivity contribution in [3.63, 3.8) is 0 Å². The molecule has 1 fully saturated rings. The minimum atomic E-state index is -0.191. The molecule has 3 nitrogen and oxygen atoms in total. The van der Waals surface area contributed by atoms with Gasteiger partial charge in [0.25, 0.3) is 0 Å². The van der Waals surface area contributed by atoms with E-state index in [4.69, 9.17) is 0 Å². The average molecular weight is 185 g/mol. The molecule has 13 heavy (non-hydrogen) atoms. The van der Waals surface area contributed by atoms with Crippen LogP contribution in [0.1, 0.15) is 39.0 Å². The molecule has 1 aliphatic rings. The Morgan fingerprint density at radius 1 is 1.69 bits per heavy atom. The predicted octanol–water partition coefficient (Wildman–Crippen LogP) is 1.16. The lowest BCUT2D eigenvalue weighted by Gasteiger charge is -2.20. The van der Waals surface area contributed by atoms with Crippen molar-refractivity contribution in [3.8, 4) is 0 Å². The van der Waals surface area contributed by atoms with E-state index in [1.54, 1.807) is 0 Å². The number of amides is 1. The molecule has 0 aliphatic carbocycles. The third-order valence-corrected chi connectivity index (χ3v) is 2.94. The number of hydrogen-bond donors (Lipinski definition) is 1. The smallest absolute Gasteiger partial charge is 0.222 e. The maximum atomic E-state index is 11.2. The van der Waals surface area contributed by atoms with Crippen molar-refractivity contribution in [1.82, 2.24) is 4.90 Å². The molecule has 0 aromatic rings. The molecule has 1 unspecified atom stereocenters. The first-order chi connectivity index (χ1) is 6.15. The minimum absolute atomic E-state index is 0.191. The van der Waals surface area contributed by atoms with Gasteiger partial charge in [-0.05, 0) is 25.7 Å². The fourth-order valence-electron chi connectivity index (χ4n) is 1.79. The van der Waals surface area contributed by atoms with Crippen molar-refractivity contribution >= 4 is 5.91 Å². The summed E-state index contributed by atoms with van der Waals surface area (Å²) in [5, 5.41) is 9.37. The third-order valence-electron chi connectivity index (χ3n) is 2.94. The van der Waals surface area contributed by atoms with Gasteiger partial charge in [-0.25, -0.2) is 0 Å². The number of carbonyl (C=O) groups is 1. The molecule has 3 heteroatoms. The van der Waals surface area contributed by atoms with Crippen LogP contribution in [0.15, 0.2) is 0 Å². The number of aliphatic hydroxyl groups is 1. The van der Waals surface area contributed by atoms with E-state index in [0.29, 0.717) is 12.5 Å². The molecule has 1 amide bonds. The van der Waals surface area contributed by atoms with E-state index < -0.39 is 0 Å². The number of nitrogens with zero attached hydrogens (tertiary/aromatic N) is 1. The largest absolute Gasteiger partial charge is 0.393 e. The van der Waals surface area contributed by atoms with Crippen LogP contribution in [0.5, 0.6) is 0 Å². The van der Waals surface area contributed by atoms with Crippen LogP contribution in [-0.4, -0.2) is 35.1 Å². The molecule has 2 atom stereocenters. The zero-order chi connectivity index (χ0) is 9.84. The molecule has 0 aromatic heterocycles. The van der Waals surface area contributed by atoms with E-state index in [2.05, 4.69) is 0 Å². The van der Waals surface area contributed by atoms with Gasteiger partial charge in [0.1, 0.15) is 0 Å². The van der Waals surface area contributed by atoms with Crippen LogP contribution in [0.3, 0.4) is 0 Å². The van der Waals surface area contributed by atoms with Gasteiger partial charge in [0.2, 0.25) is 5.91 Å². The second-order valence-corrected chi connectivity index (χ2v) is 3.84. The van der Waals surface area contributed by atoms with Gasteiger partial charge in [0.05, 0.1) is 6.10 Å². The van der Waals surface area contributed by atoms with Gasteiger partial charge >= 0.3 is 0 Å². The van der Waals surface area contributed by atoms with Crippen molar-refractivity contribution in [2.24, 2.45) is 0 Å². The SMILES string of the molecule is CCC(O)CC[C@H]1CCC(=O)N1C. The summed E-state index contributed by atoms with van der Waals surface area (Å²) in [6.45, 7) is 1.98. The molecule has 76 valence electrons. The summed E-state index contributed by atoms with van der Waals surface area (Å²) < 4.78 is 0. The van der Waals surface area contributed by atoms with Crippen molar-refractivity contribution in [1.29, 1.82) is 0 Å². The summed E-state index contributed by atoms with van der Waals surface area (Å²) in [6.07, 6.45) is 4.03. The van der Waals surface area contributed by atoms with Crippen LogP contribution in [-0.2, 0) is 4.79 Å². The van der Waals surface area contributed by atoms with Crippen molar-refractivity contribution in [3.05, 3.63) is 0 Å². The second-order valence-electron chi connectivity index (χ2n) is 3.84. The van der Waals surface area contributed by atoms with E-state index in [0.717, 1.165) is 25.7 Å². The molecule has 1 aliphatic heterocycles. The normalized spacial score (nSPS) is 25.3. The van der Waals surface area contributed by atoms with Crippen LogP contribution in [0.4, 0.5) is 0 Å². The number of hydrogen-bond acceptors (Lipinski definition) is 2. The molecule has 0 radical (unpaired) electrons. The van der Waals surface area contributed by atoms with Gasteiger partial charge in [0, 0.05) is 19.5 Å². The number of carbonyl (C=O) groups excluding carboxylic acids is 1. The number of aliphatic hydroxyl groups excluding tert-OH is 1. The first-order valence-corrected chi connectivity index (χ1v) is 5.08. The van der Waals surface area contributed by atoms with Crippen LogP contribution in [0, 0.1) is 0 Å². The molecule has 0 aromatic carbocycles. The molecule has 1 N–H and O–H groups in total. The molecular weight excluding hydrogens is 166 g/mol. The molecular formula is C10H19NO2. The lowest BCUT2D eigenvalue weighted by Crippen LogP contribution is -2.29. The highest BCUT2D eigenvalue weighted by Crippen LogP contribution is 2.21. The van der Waals surface area contributed by atoms with Gasteiger partial charge in [0.15, 0.2) is 0 Å². The summed E-state index contributed by atoms with van der Waals surface area (Å²) in [7, 11) is 1.86. The number of rotatable bonds is 4. The Morgan fingerprint density at radius 3 is 2.85 bits per heavy atom. The van der Waals surface area contributed by atoms with E-state index in [9.17, 15) is 9.90 Å². The van der Waals surface area contributed by atoms with Gasteiger partial charge in [-0.15, -0.1) is 0 Å². The van der Waals surface area contributed by atoms with Gasteiger partial charge in [-0.3, -0.25) is 4.79 Å². The summed E-state index contributed by atoms with van der Waals surface area (Å²) in [5.74, 6) is 0.246. The summed E-state index contributed by atoms with van der Waals surface area (Å²) >= 11 is 0. The van der Waals surface area contributed by atoms with Crippen LogP contribution >= 0.6 is 0 Å². The van der Waals surface area contributed by atoms with E-state index in [1.807, 2.05) is 18.9 Å². The maximum absolute atomic E-state index is 11.2. The molecule has 1 heterocycles. The highest BCUT2D eigenvalue weighted by molar-refractivity contribution is 5.78. The maximum Gasteiger partial charge on any atom is 0.222 e. The quantitative estimate of drug-likeness (QED) is 0.714. The van der Waals surface area contributed by atoms with Crippen LogP contribution in [0.25, 0.3) is 0 Å². The van der Waals surface area contributed by atoms with E-state index >= 15 is 0 Å². The highest BCUT2D eigenvalue weighted by Gasteiger charge is 2.27. The molecule has 1 rings (SSSR count). The van der Waals surface area contributed by atoms with Crippen molar-refractivity contribution in [2.45, 2.75) is 51.2 Å². The average Bonchev–Trinajstić information content (AvgIpc) is 2.44. The summed E-state index contributed by atoms with van der Waals surface area (Å²) in [5.41, 5.74) is 0. The van der Waals surface area contributed by atoms with Crippen molar-refractivity contribution < 1.29 is 9.90 Å². The fraction of sp³-hybridized carbons (Fsp3) is 0.900. The Kier molecular flexibility index (Phi) is 3.72. The number of likely N-dealkylation sites (tertiary alicyclic amines) is 1. The summed E-state index contributed by atoms with van der Waals surface area (Å²) in [4.78, 5) is 13.0. The van der Waals surface area contributed by atoms with E-state index in [-0.39, 0.29) is 12.0 Å². The Labute approximate surface area is 79.7 Å². The monoisotopic (exact) mass is 185 g/mol. The Hall–Kier alpha value is -0.570. The first-order valence-electron chi connectivity index (χ1n) is 5.08. The Morgan fingerprint density at radius 2 is 2.38 bits per heavy atom. The van der Waals surface area contributed by atoms with Crippen LogP contribution < -0.4 is 0 Å². The minimum Gasteiger partial charge on any atom is -0.393 e. The standard InChI is InChI=1S/C10H19NO2/c1-3-9(12)6-4-8-5-7-10(13)11(8)2/h8-9,12H,3-7H2,1-2H3/t8-,9?/m0/s1. The topological polar surface area (TPSA) is 40.5 Å². The third kappa shape index (κ3) is 2.69. The zero-order valence-electron chi connectivity index (χ0n) is 8.49. The highest BCUT2D eigenvalue weighted by atomic mass is 16.3. The molecule has 0 spiro atoms. The zero-order valence-corrected chi connectivity index (χ0v) is 8.49. The lowest BCUT2D eigenvalue weighted by molar-refractivity contribution is -0.127. The lowest BCUT2D eigenvalue weighted by atomic mass is 10.0.